The molecule has 0 bridgehead atoms. The van der Waals surface area contributed by atoms with E-state index in [1.807, 2.05) is 0 Å². The van der Waals surface area contributed by atoms with Crippen LogP contribution in [0.1, 0.15) is 48.9 Å². The Bertz CT molecular complexity index is 426. The molecule has 0 aliphatic heterocycles. The number of hydrogen-bond acceptors (Lipinski definition) is 3. The summed E-state index contributed by atoms with van der Waals surface area (Å²) in [5, 5.41) is 0. The number of esters is 1. The predicted octanol–water partition coefficient (Wildman–Crippen LogP) is 3.29. The molecule has 1 aromatic carbocycles. The van der Waals surface area contributed by atoms with Gasteiger partial charge in [0, 0.05) is 5.69 Å². The van der Waals surface area contributed by atoms with E-state index >= 15 is 0 Å². The highest BCUT2D eigenvalue weighted by Crippen LogP contribution is 2.22. The molecule has 2 N–H and O–H groups in total. The van der Waals surface area contributed by atoms with E-state index < -0.39 is 11.8 Å². The van der Waals surface area contributed by atoms with Crippen molar-refractivity contribution >= 4 is 11.7 Å². The van der Waals surface area contributed by atoms with Gasteiger partial charge in [-0.2, -0.15) is 0 Å². The second-order valence-corrected chi connectivity index (χ2v) is 4.75. The van der Waals surface area contributed by atoms with Gasteiger partial charge in [-0.25, -0.2) is 9.18 Å². The number of carbonyl (C=O) groups is 1. The molecule has 4 heteroatoms. The van der Waals surface area contributed by atoms with Crippen molar-refractivity contribution in [2.75, 3.05) is 5.73 Å². The Kier molecular flexibility index (Phi) is 4.18. The highest BCUT2D eigenvalue weighted by Gasteiger charge is 2.19. The molecule has 3 nitrogen and oxygen atoms in total. The van der Waals surface area contributed by atoms with E-state index in [1.54, 1.807) is 0 Å². The van der Waals surface area contributed by atoms with Crippen LogP contribution in [-0.2, 0) is 4.74 Å². The van der Waals surface area contributed by atoms with Gasteiger partial charge in [-0.05, 0) is 43.9 Å². The molecule has 0 atom stereocenters. The second-order valence-electron chi connectivity index (χ2n) is 4.75. The van der Waals surface area contributed by atoms with Crippen LogP contribution in [0.4, 0.5) is 10.1 Å². The zero-order chi connectivity index (χ0) is 13.0. The Balaban J connectivity index is 2.02. The average molecular weight is 251 g/mol. The molecule has 2 rings (SSSR count). The van der Waals surface area contributed by atoms with Crippen LogP contribution < -0.4 is 5.73 Å². The molecule has 0 unspecified atom stereocenters. The number of hydrogen-bond donors (Lipinski definition) is 1. The summed E-state index contributed by atoms with van der Waals surface area (Å²) in [6.07, 6.45) is 6.39. The highest BCUT2D eigenvalue weighted by atomic mass is 19.1. The topological polar surface area (TPSA) is 52.3 Å². The van der Waals surface area contributed by atoms with E-state index in [-0.39, 0.29) is 17.4 Å². The zero-order valence-corrected chi connectivity index (χ0v) is 10.3. The van der Waals surface area contributed by atoms with Crippen LogP contribution in [0.25, 0.3) is 0 Å². The van der Waals surface area contributed by atoms with Crippen LogP contribution in [-0.4, -0.2) is 12.1 Å². The third-order valence-electron chi connectivity index (χ3n) is 3.31. The number of halogens is 1. The molecule has 1 aromatic rings. The molecule has 0 spiro atoms. The molecule has 0 amide bonds. The van der Waals surface area contributed by atoms with Crippen molar-refractivity contribution in [1.29, 1.82) is 0 Å². The van der Waals surface area contributed by atoms with Gasteiger partial charge in [0.1, 0.15) is 11.9 Å². The standard InChI is InChI=1S/C14H18FNO2/c15-10-7-8-12(13(16)9-10)14(17)18-11-5-3-1-2-4-6-11/h7-9,11H,1-6,16H2. The monoisotopic (exact) mass is 251 g/mol. The summed E-state index contributed by atoms with van der Waals surface area (Å²) >= 11 is 0. The molecule has 1 saturated carbocycles. The summed E-state index contributed by atoms with van der Waals surface area (Å²) in [6.45, 7) is 0. The van der Waals surface area contributed by atoms with Gasteiger partial charge in [0.2, 0.25) is 0 Å². The lowest BCUT2D eigenvalue weighted by atomic mass is 10.1. The lowest BCUT2D eigenvalue weighted by Gasteiger charge is -2.16. The minimum atomic E-state index is -0.446. The summed E-state index contributed by atoms with van der Waals surface area (Å²) in [5.74, 6) is -0.891. The molecule has 18 heavy (non-hydrogen) atoms. The van der Waals surface area contributed by atoms with Crippen molar-refractivity contribution in [2.24, 2.45) is 0 Å². The number of nitrogens with two attached hydrogens (primary N) is 1. The van der Waals surface area contributed by atoms with E-state index in [2.05, 4.69) is 0 Å². The zero-order valence-electron chi connectivity index (χ0n) is 10.3. The Morgan fingerprint density at radius 2 is 1.89 bits per heavy atom. The van der Waals surface area contributed by atoms with Crippen LogP contribution in [0.5, 0.6) is 0 Å². The van der Waals surface area contributed by atoms with Gasteiger partial charge in [-0.3, -0.25) is 0 Å². The average Bonchev–Trinajstić information content (AvgIpc) is 2.57. The fourth-order valence-electron chi connectivity index (χ4n) is 2.29. The fraction of sp³-hybridized carbons (Fsp3) is 0.500. The van der Waals surface area contributed by atoms with Gasteiger partial charge in [0.05, 0.1) is 5.56 Å². The largest absolute Gasteiger partial charge is 0.459 e. The van der Waals surface area contributed by atoms with Crippen molar-refractivity contribution in [1.82, 2.24) is 0 Å². The molecule has 1 aliphatic rings. The van der Waals surface area contributed by atoms with E-state index in [4.69, 9.17) is 10.5 Å². The van der Waals surface area contributed by atoms with Crippen molar-refractivity contribution < 1.29 is 13.9 Å². The number of ether oxygens (including phenoxy) is 1. The van der Waals surface area contributed by atoms with E-state index in [9.17, 15) is 9.18 Å². The van der Waals surface area contributed by atoms with Gasteiger partial charge >= 0.3 is 5.97 Å². The molecule has 1 fully saturated rings. The number of nitrogen functional groups attached to an aromatic ring is 1. The first-order chi connectivity index (χ1) is 8.66. The van der Waals surface area contributed by atoms with Gasteiger partial charge in [0.15, 0.2) is 0 Å². The maximum Gasteiger partial charge on any atom is 0.340 e. The Morgan fingerprint density at radius 3 is 2.50 bits per heavy atom. The van der Waals surface area contributed by atoms with E-state index in [0.717, 1.165) is 31.7 Å². The normalized spacial score (nSPS) is 17.2. The van der Waals surface area contributed by atoms with Gasteiger partial charge in [0.25, 0.3) is 0 Å². The van der Waals surface area contributed by atoms with Crippen molar-refractivity contribution in [2.45, 2.75) is 44.6 Å². The number of benzene rings is 1. The first-order valence-corrected chi connectivity index (χ1v) is 6.43. The van der Waals surface area contributed by atoms with Crippen LogP contribution in [0.3, 0.4) is 0 Å². The van der Waals surface area contributed by atoms with E-state index in [0.29, 0.717) is 0 Å². The smallest absolute Gasteiger partial charge is 0.340 e. The summed E-state index contributed by atoms with van der Waals surface area (Å²) < 4.78 is 18.3. The van der Waals surface area contributed by atoms with Crippen LogP contribution in [0.15, 0.2) is 18.2 Å². The molecule has 0 aromatic heterocycles. The van der Waals surface area contributed by atoms with Crippen molar-refractivity contribution in [3.8, 4) is 0 Å². The molecule has 0 heterocycles. The summed E-state index contributed by atoms with van der Waals surface area (Å²) in [4.78, 5) is 11.9. The lowest BCUT2D eigenvalue weighted by Crippen LogP contribution is -2.18. The minimum absolute atomic E-state index is 0.0237. The van der Waals surface area contributed by atoms with Crippen LogP contribution >= 0.6 is 0 Å². The molecule has 1 aliphatic carbocycles. The maximum atomic E-state index is 12.9. The van der Waals surface area contributed by atoms with Gasteiger partial charge in [-0.1, -0.05) is 12.8 Å². The molecule has 0 saturated heterocycles. The summed E-state index contributed by atoms with van der Waals surface area (Å²) in [5.41, 5.74) is 6.00. The molecule has 0 radical (unpaired) electrons. The van der Waals surface area contributed by atoms with Gasteiger partial charge < -0.3 is 10.5 Å². The highest BCUT2D eigenvalue weighted by molar-refractivity contribution is 5.95. The quantitative estimate of drug-likeness (QED) is 0.498. The minimum Gasteiger partial charge on any atom is -0.459 e. The Labute approximate surface area is 106 Å². The SMILES string of the molecule is Nc1cc(F)ccc1C(=O)OC1CCCCCC1. The fourth-order valence-corrected chi connectivity index (χ4v) is 2.29. The number of rotatable bonds is 2. The lowest BCUT2D eigenvalue weighted by molar-refractivity contribution is 0.0268. The third-order valence-corrected chi connectivity index (χ3v) is 3.31. The van der Waals surface area contributed by atoms with Crippen molar-refractivity contribution in [3.63, 3.8) is 0 Å². The number of anilines is 1. The van der Waals surface area contributed by atoms with Crippen LogP contribution in [0, 0.1) is 5.82 Å². The predicted molar refractivity (Wildman–Crippen MR) is 67.7 cm³/mol. The van der Waals surface area contributed by atoms with Gasteiger partial charge in [-0.15, -0.1) is 0 Å². The summed E-state index contributed by atoms with van der Waals surface area (Å²) in [7, 11) is 0. The number of carbonyl (C=O) groups excluding carboxylic acids is 1. The maximum absolute atomic E-state index is 12.9. The van der Waals surface area contributed by atoms with Crippen molar-refractivity contribution in [3.05, 3.63) is 29.6 Å². The van der Waals surface area contributed by atoms with Crippen LogP contribution in [0.2, 0.25) is 0 Å². The first-order valence-electron chi connectivity index (χ1n) is 6.43. The molecular formula is C14H18FNO2. The first kappa shape index (κ1) is 12.9. The summed E-state index contributed by atoms with van der Waals surface area (Å²) in [6, 6.07) is 3.74. The second kappa shape index (κ2) is 5.85. The Morgan fingerprint density at radius 1 is 1.22 bits per heavy atom. The Hall–Kier alpha value is -1.58. The molecule has 98 valence electrons. The third kappa shape index (κ3) is 3.22. The van der Waals surface area contributed by atoms with E-state index in [1.165, 1.54) is 25.0 Å². The molecular weight excluding hydrogens is 233 g/mol.